The third-order valence-corrected chi connectivity index (χ3v) is 3.81. The van der Waals surface area contributed by atoms with E-state index in [0.29, 0.717) is 18.7 Å². The third kappa shape index (κ3) is 3.81. The summed E-state index contributed by atoms with van der Waals surface area (Å²) >= 11 is 0. The molecule has 0 unspecified atom stereocenters. The minimum absolute atomic E-state index is 0.417. The number of carbonyl (C=O) groups excluding carboxylic acids is 1. The molecule has 1 aromatic heterocycles. The molecule has 1 amide bonds. The smallest absolute Gasteiger partial charge is 0.251 e. The lowest BCUT2D eigenvalue weighted by Gasteiger charge is -2.10. The molecule has 3 aromatic rings. The Labute approximate surface area is 140 Å². The molecule has 0 bridgehead atoms. The quantitative estimate of drug-likeness (QED) is 0.759. The molecule has 0 aliphatic carbocycles. The van der Waals surface area contributed by atoms with E-state index in [0.717, 1.165) is 22.4 Å². The van der Waals surface area contributed by atoms with E-state index in [-0.39, 0.29) is 0 Å². The lowest BCUT2D eigenvalue weighted by atomic mass is 10.1. The highest BCUT2D eigenvalue weighted by atomic mass is 16.5. The monoisotopic (exact) mass is 321 g/mol. The second-order valence-corrected chi connectivity index (χ2v) is 5.65. The Hall–Kier alpha value is -3.08. The van der Waals surface area contributed by atoms with Gasteiger partial charge in [0.05, 0.1) is 18.3 Å². The van der Waals surface area contributed by atoms with Gasteiger partial charge in [-0.05, 0) is 35.7 Å². The Balaban J connectivity index is 1.66. The maximum Gasteiger partial charge on any atom is 0.251 e. The third-order valence-electron chi connectivity index (χ3n) is 3.81. The maximum absolute atomic E-state index is 11.1. The van der Waals surface area contributed by atoms with Gasteiger partial charge in [0.1, 0.15) is 12.4 Å². The van der Waals surface area contributed by atoms with Gasteiger partial charge in [0.15, 0.2) is 0 Å². The average molecular weight is 321 g/mol. The van der Waals surface area contributed by atoms with Crippen molar-refractivity contribution in [2.75, 3.05) is 0 Å². The fourth-order valence-electron chi connectivity index (χ4n) is 2.46. The van der Waals surface area contributed by atoms with Gasteiger partial charge in [-0.1, -0.05) is 36.4 Å². The molecule has 122 valence electrons. The molecule has 0 atom stereocenters. The number of aryl methyl sites for hydroxylation is 1. The van der Waals surface area contributed by atoms with Crippen LogP contribution in [0.1, 0.15) is 27.0 Å². The van der Waals surface area contributed by atoms with E-state index in [4.69, 9.17) is 10.5 Å². The molecule has 5 heteroatoms. The van der Waals surface area contributed by atoms with Gasteiger partial charge < -0.3 is 10.5 Å². The zero-order chi connectivity index (χ0) is 16.9. The number of primary amides is 1. The largest absolute Gasteiger partial charge is 0.489 e. The summed E-state index contributed by atoms with van der Waals surface area (Å²) in [5, 5.41) is 4.16. The Morgan fingerprint density at radius 3 is 2.67 bits per heavy atom. The molecule has 24 heavy (non-hydrogen) atoms. The summed E-state index contributed by atoms with van der Waals surface area (Å²) in [4.78, 5) is 11.1. The summed E-state index contributed by atoms with van der Waals surface area (Å²) in [6.45, 7) is 3.18. The first-order valence-electron chi connectivity index (χ1n) is 7.70. The predicted molar refractivity (Wildman–Crippen MR) is 91.8 cm³/mol. The van der Waals surface area contributed by atoms with E-state index in [9.17, 15) is 4.79 Å². The van der Waals surface area contributed by atoms with Gasteiger partial charge in [-0.25, -0.2) is 0 Å². The van der Waals surface area contributed by atoms with E-state index in [1.54, 1.807) is 10.9 Å². The number of hydrogen-bond acceptors (Lipinski definition) is 3. The summed E-state index contributed by atoms with van der Waals surface area (Å²) in [5.74, 6) is 0.390. The fourth-order valence-corrected chi connectivity index (χ4v) is 2.46. The Kier molecular flexibility index (Phi) is 4.61. The molecule has 0 saturated heterocycles. The van der Waals surface area contributed by atoms with E-state index in [1.165, 1.54) is 6.20 Å². The number of benzene rings is 2. The number of carbonyl (C=O) groups is 1. The summed E-state index contributed by atoms with van der Waals surface area (Å²) in [7, 11) is 0. The van der Waals surface area contributed by atoms with Crippen LogP contribution in [0.4, 0.5) is 0 Å². The number of amides is 1. The molecular weight excluding hydrogens is 302 g/mol. The normalized spacial score (nSPS) is 10.5. The summed E-state index contributed by atoms with van der Waals surface area (Å²) < 4.78 is 7.48. The molecule has 0 aliphatic rings. The molecule has 0 saturated carbocycles. The molecule has 5 nitrogen and oxygen atoms in total. The second-order valence-electron chi connectivity index (χ2n) is 5.65. The molecule has 0 radical (unpaired) electrons. The van der Waals surface area contributed by atoms with Gasteiger partial charge >= 0.3 is 0 Å². The van der Waals surface area contributed by atoms with E-state index in [1.807, 2.05) is 36.4 Å². The van der Waals surface area contributed by atoms with Crippen LogP contribution < -0.4 is 10.5 Å². The number of ether oxygens (including phenoxy) is 1. The van der Waals surface area contributed by atoms with Crippen LogP contribution >= 0.6 is 0 Å². The molecule has 2 N–H and O–H groups in total. The molecule has 0 spiro atoms. The van der Waals surface area contributed by atoms with Crippen LogP contribution in [-0.4, -0.2) is 15.7 Å². The maximum atomic E-state index is 11.1. The zero-order valence-corrected chi connectivity index (χ0v) is 13.5. The predicted octanol–water partition coefficient (Wildman–Crippen LogP) is 2.92. The average Bonchev–Trinajstić information content (AvgIpc) is 3.05. The van der Waals surface area contributed by atoms with Crippen LogP contribution in [0.5, 0.6) is 5.75 Å². The van der Waals surface area contributed by atoms with E-state index < -0.39 is 5.91 Å². The zero-order valence-electron chi connectivity index (χ0n) is 13.5. The minimum Gasteiger partial charge on any atom is -0.489 e. The molecular formula is C19H19N3O2. The lowest BCUT2D eigenvalue weighted by molar-refractivity contribution is 0.1000. The summed E-state index contributed by atoms with van der Waals surface area (Å²) in [6, 6.07) is 16.0. The summed E-state index contributed by atoms with van der Waals surface area (Å²) in [6.07, 6.45) is 3.15. The molecule has 0 aliphatic heterocycles. The Morgan fingerprint density at radius 1 is 1.21 bits per heavy atom. The SMILES string of the molecule is Cc1cc(COc2ccccc2)ccc1Cn1cc(C(N)=O)cn1. The highest BCUT2D eigenvalue weighted by Crippen LogP contribution is 2.16. The number of nitrogens with two attached hydrogens (primary N) is 1. The number of para-hydroxylation sites is 1. The van der Waals surface area contributed by atoms with Gasteiger partial charge in [-0.3, -0.25) is 9.48 Å². The molecule has 3 rings (SSSR count). The van der Waals surface area contributed by atoms with Crippen molar-refractivity contribution in [3.63, 3.8) is 0 Å². The first kappa shape index (κ1) is 15.8. The van der Waals surface area contributed by atoms with E-state index in [2.05, 4.69) is 24.2 Å². The van der Waals surface area contributed by atoms with Crippen LogP contribution in [0.2, 0.25) is 0 Å². The number of nitrogens with zero attached hydrogens (tertiary/aromatic N) is 2. The highest BCUT2D eigenvalue weighted by Gasteiger charge is 2.06. The van der Waals surface area contributed by atoms with E-state index >= 15 is 0 Å². The number of rotatable bonds is 6. The first-order chi connectivity index (χ1) is 11.6. The van der Waals surface area contributed by atoms with Crippen LogP contribution in [0.25, 0.3) is 0 Å². The van der Waals surface area contributed by atoms with Gasteiger partial charge in [0.25, 0.3) is 5.91 Å². The van der Waals surface area contributed by atoms with Crippen LogP contribution in [-0.2, 0) is 13.2 Å². The first-order valence-corrected chi connectivity index (χ1v) is 7.70. The second kappa shape index (κ2) is 7.00. The van der Waals surface area contributed by atoms with Crippen molar-refractivity contribution in [2.45, 2.75) is 20.1 Å². The van der Waals surface area contributed by atoms with Crippen LogP contribution in [0, 0.1) is 6.92 Å². The highest BCUT2D eigenvalue weighted by molar-refractivity contribution is 5.92. The molecule has 0 fully saturated rings. The van der Waals surface area contributed by atoms with Crippen molar-refractivity contribution >= 4 is 5.91 Å². The Morgan fingerprint density at radius 2 is 2.00 bits per heavy atom. The van der Waals surface area contributed by atoms with Crippen LogP contribution in [0.15, 0.2) is 60.9 Å². The molecule has 1 heterocycles. The van der Waals surface area contributed by atoms with Crippen molar-refractivity contribution in [3.8, 4) is 5.75 Å². The number of hydrogen-bond donors (Lipinski definition) is 1. The molecule has 2 aromatic carbocycles. The van der Waals surface area contributed by atoms with Crippen LogP contribution in [0.3, 0.4) is 0 Å². The van der Waals surface area contributed by atoms with Crippen molar-refractivity contribution in [2.24, 2.45) is 5.73 Å². The fraction of sp³-hybridized carbons (Fsp3) is 0.158. The van der Waals surface area contributed by atoms with Crippen molar-refractivity contribution in [1.82, 2.24) is 9.78 Å². The van der Waals surface area contributed by atoms with Gasteiger partial charge in [0, 0.05) is 6.20 Å². The van der Waals surface area contributed by atoms with Crippen molar-refractivity contribution < 1.29 is 9.53 Å². The number of aromatic nitrogens is 2. The Bertz CT molecular complexity index is 841. The summed E-state index contributed by atoms with van der Waals surface area (Å²) in [5.41, 5.74) is 9.06. The van der Waals surface area contributed by atoms with Crippen molar-refractivity contribution in [1.29, 1.82) is 0 Å². The van der Waals surface area contributed by atoms with Gasteiger partial charge in [-0.15, -0.1) is 0 Å². The van der Waals surface area contributed by atoms with Gasteiger partial charge in [0.2, 0.25) is 0 Å². The standard InChI is InChI=1S/C19H19N3O2/c1-14-9-15(13-24-18-5-3-2-4-6-18)7-8-16(14)11-22-12-17(10-21-22)19(20)23/h2-10,12H,11,13H2,1H3,(H2,20,23). The minimum atomic E-state index is -0.466. The van der Waals surface area contributed by atoms with Gasteiger partial charge in [-0.2, -0.15) is 5.10 Å². The topological polar surface area (TPSA) is 70.1 Å². The van der Waals surface area contributed by atoms with Crippen molar-refractivity contribution in [3.05, 3.63) is 83.2 Å². The lowest BCUT2D eigenvalue weighted by Crippen LogP contribution is -2.09.